The summed E-state index contributed by atoms with van der Waals surface area (Å²) in [6, 6.07) is 12.7. The van der Waals surface area contributed by atoms with Crippen molar-refractivity contribution in [1.29, 1.82) is 0 Å². The first kappa shape index (κ1) is 18.1. The maximum absolute atomic E-state index is 13.8. The van der Waals surface area contributed by atoms with Crippen molar-refractivity contribution in [3.8, 4) is 0 Å². The van der Waals surface area contributed by atoms with Gasteiger partial charge in [0.05, 0.1) is 5.56 Å². The zero-order chi connectivity index (χ0) is 18.2. The number of halogens is 1. The van der Waals surface area contributed by atoms with Crippen LogP contribution in [0.4, 0.5) is 10.1 Å². The summed E-state index contributed by atoms with van der Waals surface area (Å²) in [5.41, 5.74) is 0.823. The van der Waals surface area contributed by atoms with Crippen LogP contribution in [0.15, 0.2) is 48.5 Å². The van der Waals surface area contributed by atoms with Gasteiger partial charge in [0.15, 0.2) is 0 Å². The van der Waals surface area contributed by atoms with Crippen molar-refractivity contribution in [2.75, 3.05) is 11.9 Å². The van der Waals surface area contributed by atoms with Gasteiger partial charge in [0.2, 0.25) is 5.91 Å². The van der Waals surface area contributed by atoms with Crippen LogP contribution in [0, 0.1) is 5.82 Å². The Morgan fingerprint density at radius 2 is 1.80 bits per heavy atom. The average molecular weight is 344 g/mol. The first-order chi connectivity index (χ1) is 12.0. The Morgan fingerprint density at radius 3 is 2.48 bits per heavy atom. The number of amides is 2. The van der Waals surface area contributed by atoms with Gasteiger partial charge in [0.1, 0.15) is 19.0 Å². The number of ether oxygens (including phenoxy) is 1. The van der Waals surface area contributed by atoms with Gasteiger partial charge in [-0.05, 0) is 23.8 Å². The van der Waals surface area contributed by atoms with Crippen LogP contribution < -0.4 is 10.6 Å². The van der Waals surface area contributed by atoms with E-state index in [-0.39, 0.29) is 23.8 Å². The highest BCUT2D eigenvalue weighted by molar-refractivity contribution is 5.98. The molecule has 2 aromatic carbocycles. The van der Waals surface area contributed by atoms with Gasteiger partial charge in [-0.25, -0.2) is 4.39 Å². The minimum absolute atomic E-state index is 0.0852. The van der Waals surface area contributed by atoms with E-state index < -0.39 is 24.2 Å². The topological polar surface area (TPSA) is 84.5 Å². The third-order valence-electron chi connectivity index (χ3n) is 3.17. The number of benzene rings is 2. The molecule has 25 heavy (non-hydrogen) atoms. The molecule has 0 bridgehead atoms. The molecule has 0 radical (unpaired) electrons. The van der Waals surface area contributed by atoms with Crippen molar-refractivity contribution in [3.63, 3.8) is 0 Å². The lowest BCUT2D eigenvalue weighted by molar-refractivity contribution is -0.143. The third-order valence-corrected chi connectivity index (χ3v) is 3.17. The fraction of sp³-hybridized carbons (Fsp3) is 0.167. The van der Waals surface area contributed by atoms with E-state index in [2.05, 4.69) is 10.6 Å². The Balaban J connectivity index is 1.89. The third kappa shape index (κ3) is 5.72. The summed E-state index contributed by atoms with van der Waals surface area (Å²) in [6.07, 6.45) is 0. The molecule has 0 saturated heterocycles. The zero-order valence-corrected chi connectivity index (χ0v) is 13.5. The number of carbonyl (C=O) groups is 3. The van der Waals surface area contributed by atoms with Gasteiger partial charge >= 0.3 is 5.97 Å². The highest BCUT2D eigenvalue weighted by Gasteiger charge is 2.14. The molecular weight excluding hydrogens is 327 g/mol. The Bertz CT molecular complexity index is 778. The van der Waals surface area contributed by atoms with Crippen molar-refractivity contribution < 1.29 is 23.5 Å². The van der Waals surface area contributed by atoms with Gasteiger partial charge < -0.3 is 15.4 Å². The van der Waals surface area contributed by atoms with Crippen molar-refractivity contribution in [1.82, 2.24) is 5.32 Å². The van der Waals surface area contributed by atoms with Gasteiger partial charge in [-0.3, -0.25) is 14.4 Å². The molecule has 0 aliphatic heterocycles. The molecule has 0 aliphatic rings. The van der Waals surface area contributed by atoms with Crippen LogP contribution in [0.1, 0.15) is 22.8 Å². The smallest absolute Gasteiger partial charge is 0.325 e. The van der Waals surface area contributed by atoms with Crippen LogP contribution in [-0.2, 0) is 20.9 Å². The number of hydrogen-bond acceptors (Lipinski definition) is 4. The van der Waals surface area contributed by atoms with E-state index in [0.717, 1.165) is 11.6 Å². The first-order valence-electron chi connectivity index (χ1n) is 7.50. The Hall–Kier alpha value is -3.22. The molecule has 0 aromatic heterocycles. The molecule has 0 heterocycles. The molecule has 6 nitrogen and oxygen atoms in total. The number of hydrogen-bond donors (Lipinski definition) is 2. The molecule has 0 saturated carbocycles. The van der Waals surface area contributed by atoms with E-state index >= 15 is 0 Å². The fourth-order valence-corrected chi connectivity index (χ4v) is 2.02. The predicted molar refractivity (Wildman–Crippen MR) is 89.3 cm³/mol. The van der Waals surface area contributed by atoms with E-state index in [1.54, 1.807) is 12.1 Å². The highest BCUT2D eigenvalue weighted by atomic mass is 19.1. The molecule has 130 valence electrons. The fourth-order valence-electron chi connectivity index (χ4n) is 2.02. The lowest BCUT2D eigenvalue weighted by Gasteiger charge is -2.09. The van der Waals surface area contributed by atoms with E-state index in [1.165, 1.54) is 19.1 Å². The molecule has 2 rings (SSSR count). The monoisotopic (exact) mass is 344 g/mol. The number of anilines is 1. The molecule has 2 N–H and O–H groups in total. The molecule has 7 heteroatoms. The number of nitrogens with one attached hydrogen (secondary N) is 2. The number of carbonyl (C=O) groups excluding carboxylic acids is 3. The van der Waals surface area contributed by atoms with E-state index in [9.17, 15) is 18.8 Å². The molecular formula is C18H17FN2O4. The van der Waals surface area contributed by atoms with E-state index in [1.807, 2.05) is 18.2 Å². The molecule has 2 aromatic rings. The second-order valence-electron chi connectivity index (χ2n) is 5.20. The van der Waals surface area contributed by atoms with Gasteiger partial charge in [-0.15, -0.1) is 0 Å². The van der Waals surface area contributed by atoms with Crippen LogP contribution in [-0.4, -0.2) is 24.3 Å². The minimum atomic E-state index is -0.777. The summed E-state index contributed by atoms with van der Waals surface area (Å²) >= 11 is 0. The van der Waals surface area contributed by atoms with Crippen molar-refractivity contribution in [2.24, 2.45) is 0 Å². The highest BCUT2D eigenvalue weighted by Crippen LogP contribution is 2.14. The molecule has 0 atom stereocenters. The van der Waals surface area contributed by atoms with Gasteiger partial charge in [-0.2, -0.15) is 0 Å². The summed E-state index contributed by atoms with van der Waals surface area (Å²) in [5.74, 6) is -2.52. The van der Waals surface area contributed by atoms with Crippen molar-refractivity contribution in [3.05, 3.63) is 65.5 Å². The minimum Gasteiger partial charge on any atom is -0.460 e. The standard InChI is InChI=1S/C18H17FN2O4/c1-12(22)21-14-7-8-16(19)15(9-14)18(24)20-10-17(23)25-11-13-5-3-2-4-6-13/h2-9H,10-11H2,1H3,(H,20,24)(H,21,22). The van der Waals surface area contributed by atoms with Crippen LogP contribution in [0.3, 0.4) is 0 Å². The molecule has 0 spiro atoms. The van der Waals surface area contributed by atoms with Crippen molar-refractivity contribution in [2.45, 2.75) is 13.5 Å². The second kappa shape index (κ2) is 8.58. The lowest BCUT2D eigenvalue weighted by Crippen LogP contribution is -2.31. The summed E-state index contributed by atoms with van der Waals surface area (Å²) in [6.45, 7) is 0.989. The van der Waals surface area contributed by atoms with E-state index in [4.69, 9.17) is 4.74 Å². The number of rotatable bonds is 6. The van der Waals surface area contributed by atoms with Crippen LogP contribution in [0.2, 0.25) is 0 Å². The predicted octanol–water partition coefficient (Wildman–Crippen LogP) is 2.26. The Labute approximate surface area is 144 Å². The lowest BCUT2D eigenvalue weighted by atomic mass is 10.1. The summed E-state index contributed by atoms with van der Waals surface area (Å²) in [7, 11) is 0. The van der Waals surface area contributed by atoms with Crippen molar-refractivity contribution >= 4 is 23.5 Å². The molecule has 0 aliphatic carbocycles. The Morgan fingerprint density at radius 1 is 1.08 bits per heavy atom. The normalized spacial score (nSPS) is 10.0. The van der Waals surface area contributed by atoms with Crippen LogP contribution >= 0.6 is 0 Å². The first-order valence-corrected chi connectivity index (χ1v) is 7.50. The quantitative estimate of drug-likeness (QED) is 0.787. The van der Waals surface area contributed by atoms with Gasteiger partial charge in [0.25, 0.3) is 5.91 Å². The maximum Gasteiger partial charge on any atom is 0.325 e. The summed E-state index contributed by atoms with van der Waals surface area (Å²) < 4.78 is 18.8. The van der Waals surface area contributed by atoms with Crippen LogP contribution in [0.25, 0.3) is 0 Å². The maximum atomic E-state index is 13.8. The molecule has 0 fully saturated rings. The SMILES string of the molecule is CC(=O)Nc1ccc(F)c(C(=O)NCC(=O)OCc2ccccc2)c1. The average Bonchev–Trinajstić information content (AvgIpc) is 2.60. The largest absolute Gasteiger partial charge is 0.460 e. The van der Waals surface area contributed by atoms with Crippen LogP contribution in [0.5, 0.6) is 0 Å². The Kier molecular flexibility index (Phi) is 6.22. The van der Waals surface area contributed by atoms with E-state index in [0.29, 0.717) is 0 Å². The van der Waals surface area contributed by atoms with Gasteiger partial charge in [0, 0.05) is 12.6 Å². The number of esters is 1. The second-order valence-corrected chi connectivity index (χ2v) is 5.20. The summed E-state index contributed by atoms with van der Waals surface area (Å²) in [5, 5.41) is 4.74. The van der Waals surface area contributed by atoms with Gasteiger partial charge in [-0.1, -0.05) is 30.3 Å². The zero-order valence-electron chi connectivity index (χ0n) is 13.5. The molecule has 0 unspecified atom stereocenters. The summed E-state index contributed by atoms with van der Waals surface area (Å²) in [4.78, 5) is 34.7. The molecule has 2 amide bonds.